The molecule has 8 aromatic rings. The first-order valence-corrected chi connectivity index (χ1v) is 19.8. The van der Waals surface area contributed by atoms with Crippen molar-refractivity contribution in [3.05, 3.63) is 194 Å². The van der Waals surface area contributed by atoms with Crippen molar-refractivity contribution in [1.82, 2.24) is 0 Å². The van der Waals surface area contributed by atoms with Crippen LogP contribution in [0.15, 0.2) is 194 Å². The third-order valence-electron chi connectivity index (χ3n) is 8.50. The highest BCUT2D eigenvalue weighted by molar-refractivity contribution is 7.70. The van der Waals surface area contributed by atoms with Crippen LogP contribution in [-0.2, 0) is 9.13 Å². The molecule has 0 heterocycles. The average molecular weight is 719 g/mol. The summed E-state index contributed by atoms with van der Waals surface area (Å²) in [6, 6.07) is 58.6. The molecule has 52 heavy (non-hydrogen) atoms. The zero-order valence-electron chi connectivity index (χ0n) is 27.8. The van der Waals surface area contributed by atoms with Crippen molar-refractivity contribution in [2.75, 3.05) is 0 Å². The van der Waals surface area contributed by atoms with Crippen molar-refractivity contribution in [2.45, 2.75) is 0 Å². The van der Waals surface area contributed by atoms with Crippen LogP contribution < -0.4 is 28.7 Å². The SMILES string of the molecule is O=P(Oc1ccccc1)(Oc1ccccc1)c1cc2ccccc2c(-c2cccc3ccccc23)c1P(=O)(Oc1ccccc1)Oc1ccccc1. The van der Waals surface area contributed by atoms with E-state index in [1.54, 1.807) is 103 Å². The lowest BCUT2D eigenvalue weighted by Gasteiger charge is -2.29. The molecule has 0 fully saturated rings. The van der Waals surface area contributed by atoms with Crippen LogP contribution in [0, 0.1) is 0 Å². The Hall–Kier alpha value is -6.06. The number of hydrogen-bond acceptors (Lipinski definition) is 6. The van der Waals surface area contributed by atoms with Crippen molar-refractivity contribution in [3.63, 3.8) is 0 Å². The molecule has 0 aliphatic heterocycles. The van der Waals surface area contributed by atoms with E-state index < -0.39 is 15.2 Å². The van der Waals surface area contributed by atoms with Crippen LogP contribution in [0.2, 0.25) is 0 Å². The van der Waals surface area contributed by atoms with Crippen LogP contribution >= 0.6 is 15.2 Å². The van der Waals surface area contributed by atoms with Crippen LogP contribution in [-0.4, -0.2) is 0 Å². The van der Waals surface area contributed by atoms with Gasteiger partial charge in [-0.25, -0.2) is 9.13 Å². The molecule has 0 bridgehead atoms. The molecule has 0 aliphatic rings. The molecule has 0 radical (unpaired) electrons. The highest BCUT2D eigenvalue weighted by Crippen LogP contribution is 2.56. The average Bonchev–Trinajstić information content (AvgIpc) is 3.18. The fourth-order valence-corrected chi connectivity index (χ4v) is 10.5. The molecule has 8 aromatic carbocycles. The quantitative estimate of drug-likeness (QED) is 0.124. The van der Waals surface area contributed by atoms with Gasteiger partial charge in [0, 0.05) is 5.56 Å². The molecule has 0 atom stereocenters. The van der Waals surface area contributed by atoms with Crippen LogP contribution in [0.25, 0.3) is 32.7 Å². The molecule has 0 saturated heterocycles. The Morgan fingerprint density at radius 2 is 0.731 bits per heavy atom. The second kappa shape index (κ2) is 14.3. The van der Waals surface area contributed by atoms with Crippen LogP contribution in [0.5, 0.6) is 23.0 Å². The lowest BCUT2D eigenvalue weighted by atomic mass is 9.94. The zero-order valence-corrected chi connectivity index (χ0v) is 29.6. The summed E-state index contributed by atoms with van der Waals surface area (Å²) < 4.78 is 58.2. The van der Waals surface area contributed by atoms with Gasteiger partial charge >= 0.3 is 15.2 Å². The van der Waals surface area contributed by atoms with Crippen LogP contribution in [0.3, 0.4) is 0 Å². The summed E-state index contributed by atoms with van der Waals surface area (Å²) in [5.74, 6) is 1.20. The largest absolute Gasteiger partial charge is 0.464 e. The van der Waals surface area contributed by atoms with E-state index in [9.17, 15) is 0 Å². The Morgan fingerprint density at radius 1 is 0.346 bits per heavy atom. The van der Waals surface area contributed by atoms with E-state index in [4.69, 9.17) is 18.1 Å². The Bertz CT molecular complexity index is 2480. The third kappa shape index (κ3) is 6.70. The highest BCUT2D eigenvalue weighted by Gasteiger charge is 2.46. The van der Waals surface area contributed by atoms with Gasteiger partial charge < -0.3 is 18.1 Å². The van der Waals surface area contributed by atoms with Crippen LogP contribution in [0.4, 0.5) is 0 Å². The van der Waals surface area contributed by atoms with Gasteiger partial charge in [-0.05, 0) is 81.7 Å². The molecule has 0 amide bonds. The molecule has 0 spiro atoms. The summed E-state index contributed by atoms with van der Waals surface area (Å²) >= 11 is 0. The number of rotatable bonds is 11. The van der Waals surface area contributed by atoms with E-state index in [-0.39, 0.29) is 10.6 Å². The Kier molecular flexibility index (Phi) is 9.09. The Morgan fingerprint density at radius 3 is 1.23 bits per heavy atom. The van der Waals surface area contributed by atoms with Crippen LogP contribution in [0.1, 0.15) is 0 Å². The lowest BCUT2D eigenvalue weighted by Crippen LogP contribution is -2.34. The Balaban J connectivity index is 1.52. The van der Waals surface area contributed by atoms with Crippen molar-refractivity contribution in [1.29, 1.82) is 0 Å². The van der Waals surface area contributed by atoms with E-state index in [1.165, 1.54) is 0 Å². The molecule has 0 aliphatic carbocycles. The number of para-hydroxylation sites is 4. The second-order valence-electron chi connectivity index (χ2n) is 12.0. The maximum Gasteiger partial charge on any atom is 0.464 e. The van der Waals surface area contributed by atoms with E-state index in [0.29, 0.717) is 28.6 Å². The minimum Gasteiger partial charge on any atom is -0.413 e. The number of fused-ring (bicyclic) bond motifs is 2. The monoisotopic (exact) mass is 718 g/mol. The van der Waals surface area contributed by atoms with Gasteiger partial charge in [0.25, 0.3) is 0 Å². The topological polar surface area (TPSA) is 71.1 Å². The highest BCUT2D eigenvalue weighted by atomic mass is 31.2. The normalized spacial score (nSPS) is 11.6. The predicted octanol–water partition coefficient (Wildman–Crippen LogP) is 11.6. The van der Waals surface area contributed by atoms with E-state index in [1.807, 2.05) is 91.0 Å². The molecule has 8 heteroatoms. The number of benzene rings is 8. The maximum atomic E-state index is 16.2. The van der Waals surface area contributed by atoms with E-state index >= 15 is 9.13 Å². The van der Waals surface area contributed by atoms with Crippen molar-refractivity contribution in [2.24, 2.45) is 0 Å². The molecule has 6 nitrogen and oxygen atoms in total. The summed E-state index contributed by atoms with van der Waals surface area (Å²) in [4.78, 5) is 0. The van der Waals surface area contributed by atoms with Gasteiger partial charge in [-0.3, -0.25) is 0 Å². The summed E-state index contributed by atoms with van der Waals surface area (Å²) in [6.07, 6.45) is 0. The first-order chi connectivity index (χ1) is 25.5. The second-order valence-corrected chi connectivity index (χ2v) is 15.6. The minimum absolute atomic E-state index is 0.0389. The standard InChI is InChI=1S/C44H32O6P2/c45-51(47-35-21-5-1-6-22-35,48-36-23-7-2-8-24-36)42-32-34-19-14-16-30-40(34)43(41-31-17-20-33-18-13-15-29-39(33)41)44(42)52(46,49-37-25-9-3-10-26-37)50-38-27-11-4-12-28-38/h1-32H. The molecule has 254 valence electrons. The number of hydrogen-bond donors (Lipinski definition) is 0. The molecule has 0 saturated carbocycles. The van der Waals surface area contributed by atoms with Gasteiger partial charge in [-0.1, -0.05) is 140 Å². The summed E-state index contributed by atoms with van der Waals surface area (Å²) in [7, 11) is -9.08. The Labute approximate surface area is 301 Å². The van der Waals surface area contributed by atoms with Gasteiger partial charge in [0.05, 0.1) is 0 Å². The molecular formula is C44H32O6P2. The minimum atomic E-state index is -4.58. The third-order valence-corrected chi connectivity index (χ3v) is 12.4. The zero-order chi connectivity index (χ0) is 35.4. The van der Waals surface area contributed by atoms with Gasteiger partial charge in [0.15, 0.2) is 0 Å². The first-order valence-electron chi connectivity index (χ1n) is 16.7. The lowest BCUT2D eigenvalue weighted by molar-refractivity contribution is 0.394. The van der Waals surface area contributed by atoms with E-state index in [0.717, 1.165) is 27.1 Å². The summed E-state index contributed by atoms with van der Waals surface area (Å²) in [5.41, 5.74) is 1.26. The van der Waals surface area contributed by atoms with Crippen molar-refractivity contribution >= 4 is 47.3 Å². The molecule has 8 rings (SSSR count). The maximum absolute atomic E-state index is 16.2. The van der Waals surface area contributed by atoms with Crippen molar-refractivity contribution in [3.8, 4) is 34.1 Å². The fourth-order valence-electron chi connectivity index (χ4n) is 6.23. The van der Waals surface area contributed by atoms with Gasteiger partial charge in [0.1, 0.15) is 33.6 Å². The predicted molar refractivity (Wildman–Crippen MR) is 210 cm³/mol. The summed E-state index contributed by atoms with van der Waals surface area (Å²) in [5, 5.41) is 3.43. The smallest absolute Gasteiger partial charge is 0.413 e. The molecule has 0 unspecified atom stereocenters. The van der Waals surface area contributed by atoms with Crippen molar-refractivity contribution < 1.29 is 27.2 Å². The van der Waals surface area contributed by atoms with Gasteiger partial charge in [-0.15, -0.1) is 0 Å². The molecule has 0 aromatic heterocycles. The van der Waals surface area contributed by atoms with Gasteiger partial charge in [-0.2, -0.15) is 0 Å². The van der Waals surface area contributed by atoms with E-state index in [2.05, 4.69) is 0 Å². The molecule has 0 N–H and O–H groups in total. The van der Waals surface area contributed by atoms with Gasteiger partial charge in [0.2, 0.25) is 0 Å². The fraction of sp³-hybridized carbons (Fsp3) is 0. The molecular weight excluding hydrogens is 686 g/mol. The first kappa shape index (κ1) is 33.1. The summed E-state index contributed by atoms with van der Waals surface area (Å²) in [6.45, 7) is 0.